The maximum atomic E-state index is 16.5. The van der Waals surface area contributed by atoms with E-state index in [0.717, 1.165) is 15.8 Å². The van der Waals surface area contributed by atoms with E-state index in [9.17, 15) is 9.90 Å². The van der Waals surface area contributed by atoms with Crippen molar-refractivity contribution < 1.29 is 18.7 Å². The second-order valence-corrected chi connectivity index (χ2v) is 10.0. The van der Waals surface area contributed by atoms with Crippen molar-refractivity contribution in [1.82, 2.24) is 4.98 Å². The quantitative estimate of drug-likeness (QED) is 0.262. The van der Waals surface area contributed by atoms with Crippen LogP contribution in [0.5, 0.6) is 0 Å². The van der Waals surface area contributed by atoms with Crippen molar-refractivity contribution in [2.75, 3.05) is 10.2 Å². The highest BCUT2D eigenvalue weighted by atomic mass is 35.5. The van der Waals surface area contributed by atoms with E-state index in [4.69, 9.17) is 17.3 Å². The monoisotopic (exact) mass is 510 g/mol. The Morgan fingerprint density at radius 2 is 1.89 bits per heavy atom. The molecule has 0 saturated carbocycles. The third-order valence-corrected chi connectivity index (χ3v) is 7.19. The van der Waals surface area contributed by atoms with Crippen molar-refractivity contribution in [3.8, 4) is 11.1 Å². The molecule has 2 unspecified atom stereocenters. The van der Waals surface area contributed by atoms with Crippen LogP contribution in [0.1, 0.15) is 31.0 Å². The molecule has 0 bridgehead atoms. The summed E-state index contributed by atoms with van der Waals surface area (Å²) in [6.45, 7) is 5.24. The number of carbonyl (C=O) groups is 1. The molecular formula is C27H25ClF2N4O2. The lowest BCUT2D eigenvalue weighted by Crippen LogP contribution is -2.57. The topological polar surface area (TPSA) is 94.4 Å². The van der Waals surface area contributed by atoms with Crippen molar-refractivity contribution >= 4 is 39.9 Å². The number of aromatic amines is 1. The summed E-state index contributed by atoms with van der Waals surface area (Å²) >= 11 is 6.38. The predicted molar refractivity (Wildman–Crippen MR) is 138 cm³/mol. The van der Waals surface area contributed by atoms with Crippen molar-refractivity contribution in [3.05, 3.63) is 82.5 Å². The first-order chi connectivity index (χ1) is 17.0. The molecule has 2 amide bonds. The Labute approximate surface area is 211 Å². The molecule has 186 valence electrons. The number of hydrogen-bond acceptors (Lipinski definition) is 3. The van der Waals surface area contributed by atoms with Gasteiger partial charge >= 0.3 is 6.03 Å². The van der Waals surface area contributed by atoms with Crippen LogP contribution < -0.4 is 16.0 Å². The Kier molecular flexibility index (Phi) is 5.69. The molecule has 2 atom stereocenters. The lowest BCUT2D eigenvalue weighted by atomic mass is 9.80. The van der Waals surface area contributed by atoms with Gasteiger partial charge in [-0.05, 0) is 44.5 Å². The van der Waals surface area contributed by atoms with E-state index >= 15 is 8.78 Å². The van der Waals surface area contributed by atoms with E-state index in [1.54, 1.807) is 56.4 Å². The smallest absolute Gasteiger partial charge is 0.319 e. The highest BCUT2D eigenvalue weighted by molar-refractivity contribution is 6.33. The molecular weight excluding hydrogens is 486 g/mol. The van der Waals surface area contributed by atoms with Crippen LogP contribution in [0.4, 0.5) is 25.0 Å². The fourth-order valence-electron chi connectivity index (χ4n) is 5.07. The van der Waals surface area contributed by atoms with Gasteiger partial charge < -0.3 is 21.1 Å². The number of primary amides is 1. The number of benzene rings is 3. The minimum atomic E-state index is -1.33. The number of nitrogens with two attached hydrogens (primary N) is 1. The number of amides is 2. The van der Waals surface area contributed by atoms with E-state index in [-0.39, 0.29) is 27.5 Å². The van der Waals surface area contributed by atoms with E-state index in [1.807, 2.05) is 13.0 Å². The first kappa shape index (κ1) is 24.1. The average Bonchev–Trinajstić information content (AvgIpc) is 3.19. The summed E-state index contributed by atoms with van der Waals surface area (Å²) < 4.78 is 32.1. The molecule has 0 fully saturated rings. The fraction of sp³-hybridized carbons (Fsp3) is 0.222. The molecule has 0 aliphatic carbocycles. The Morgan fingerprint density at radius 1 is 1.17 bits per heavy atom. The van der Waals surface area contributed by atoms with Gasteiger partial charge in [0.1, 0.15) is 17.7 Å². The molecule has 3 aromatic carbocycles. The lowest BCUT2D eigenvalue weighted by molar-refractivity contribution is 0.0800. The van der Waals surface area contributed by atoms with Crippen LogP contribution in [0.3, 0.4) is 0 Å². The zero-order chi connectivity index (χ0) is 25.9. The highest BCUT2D eigenvalue weighted by Gasteiger charge is 2.48. The summed E-state index contributed by atoms with van der Waals surface area (Å²) in [4.78, 5) is 16.9. The van der Waals surface area contributed by atoms with Crippen LogP contribution in [0.25, 0.3) is 22.0 Å². The number of hydrogen-bond donors (Lipinski definition) is 4. The molecule has 4 aromatic rings. The van der Waals surface area contributed by atoms with Crippen LogP contribution in [-0.4, -0.2) is 27.8 Å². The van der Waals surface area contributed by atoms with Gasteiger partial charge in [-0.3, -0.25) is 4.90 Å². The summed E-state index contributed by atoms with van der Waals surface area (Å²) in [6, 6.07) is 10.6. The number of halogens is 3. The number of aliphatic hydroxyl groups excluding tert-OH is 1. The summed E-state index contributed by atoms with van der Waals surface area (Å²) in [6.07, 6.45) is 0.440. The molecule has 1 aliphatic heterocycles. The summed E-state index contributed by atoms with van der Waals surface area (Å²) in [7, 11) is 0. The normalized spacial score (nSPS) is 18.5. The molecule has 9 heteroatoms. The predicted octanol–water partition coefficient (Wildman–Crippen LogP) is 6.27. The third kappa shape index (κ3) is 3.60. The number of aryl methyl sites for hydroxylation is 1. The van der Waals surface area contributed by atoms with Gasteiger partial charge in [-0.25, -0.2) is 13.6 Å². The number of aliphatic hydroxyl groups is 1. The van der Waals surface area contributed by atoms with Gasteiger partial charge in [0, 0.05) is 28.4 Å². The zero-order valence-corrected chi connectivity index (χ0v) is 20.6. The Morgan fingerprint density at radius 3 is 2.58 bits per heavy atom. The number of aromatic nitrogens is 1. The second-order valence-electron chi connectivity index (χ2n) is 9.60. The zero-order valence-electron chi connectivity index (χ0n) is 19.9. The molecule has 5 rings (SSSR count). The first-order valence-corrected chi connectivity index (χ1v) is 11.8. The molecule has 36 heavy (non-hydrogen) atoms. The van der Waals surface area contributed by atoms with Gasteiger partial charge in [-0.15, -0.1) is 0 Å². The number of H-pyrrole nitrogens is 1. The average molecular weight is 511 g/mol. The van der Waals surface area contributed by atoms with Crippen molar-refractivity contribution in [2.24, 2.45) is 5.73 Å². The molecule has 0 radical (unpaired) electrons. The van der Waals surface area contributed by atoms with E-state index < -0.39 is 35.4 Å². The number of nitrogens with zero attached hydrogens (tertiary/aromatic N) is 1. The molecule has 0 spiro atoms. The van der Waals surface area contributed by atoms with Crippen LogP contribution in [0.15, 0.2) is 54.7 Å². The maximum absolute atomic E-state index is 16.5. The van der Waals surface area contributed by atoms with Crippen molar-refractivity contribution in [3.63, 3.8) is 0 Å². The van der Waals surface area contributed by atoms with Crippen LogP contribution in [0, 0.1) is 18.6 Å². The van der Waals surface area contributed by atoms with Crippen molar-refractivity contribution in [2.45, 2.75) is 38.5 Å². The number of urea groups is 1. The number of nitrogens with one attached hydrogen (secondary N) is 2. The highest BCUT2D eigenvalue weighted by Crippen LogP contribution is 2.48. The molecule has 0 saturated heterocycles. The summed E-state index contributed by atoms with van der Waals surface area (Å²) in [5, 5.41) is 15.5. The summed E-state index contributed by atoms with van der Waals surface area (Å²) in [5.74, 6) is -1.69. The van der Waals surface area contributed by atoms with Crippen molar-refractivity contribution in [1.29, 1.82) is 0 Å². The fourth-order valence-corrected chi connectivity index (χ4v) is 5.30. The van der Waals surface area contributed by atoms with E-state index in [0.29, 0.717) is 11.1 Å². The number of anilines is 2. The minimum absolute atomic E-state index is 0.0859. The second kappa shape index (κ2) is 8.50. The van der Waals surface area contributed by atoms with Gasteiger partial charge in [-0.1, -0.05) is 41.9 Å². The van der Waals surface area contributed by atoms with E-state index in [2.05, 4.69) is 10.3 Å². The van der Waals surface area contributed by atoms with Gasteiger partial charge in [0.2, 0.25) is 0 Å². The molecule has 5 N–H and O–H groups in total. The van der Waals surface area contributed by atoms with Gasteiger partial charge in [0.15, 0.2) is 0 Å². The van der Waals surface area contributed by atoms with Crippen LogP contribution in [-0.2, 0) is 0 Å². The van der Waals surface area contributed by atoms with Gasteiger partial charge in [0.05, 0.1) is 33.4 Å². The minimum Gasteiger partial charge on any atom is -0.388 e. The Hall–Kier alpha value is -3.62. The Bertz CT molecular complexity index is 1520. The third-order valence-electron chi connectivity index (χ3n) is 6.87. The number of carbonyl (C=O) groups excluding carboxylic acids is 1. The maximum Gasteiger partial charge on any atom is 0.319 e. The lowest BCUT2D eigenvalue weighted by Gasteiger charge is -2.47. The Balaban J connectivity index is 1.82. The largest absolute Gasteiger partial charge is 0.388 e. The first-order valence-electron chi connectivity index (χ1n) is 11.4. The number of para-hydroxylation sites is 2. The van der Waals surface area contributed by atoms with Gasteiger partial charge in [-0.2, -0.15) is 0 Å². The summed E-state index contributed by atoms with van der Waals surface area (Å²) in [5.41, 5.74) is 6.49. The standard InChI is InChI=1S/C27H25ClF2N4O2/c1-13-12-32-23-14(13)7-6-8-15(23)20-17(29)11-18-21(22(20)30)24(25(35)27(2,3)33-18)34(26(31)36)19-10-5-4-9-16(19)28/h4-12,24-25,32-33,35H,1-3H3,(H2,31,36). The van der Waals surface area contributed by atoms with Crippen LogP contribution >= 0.6 is 11.6 Å². The van der Waals surface area contributed by atoms with Crippen LogP contribution in [0.2, 0.25) is 5.02 Å². The van der Waals surface area contributed by atoms with Gasteiger partial charge in [0.25, 0.3) is 0 Å². The SMILES string of the molecule is Cc1c[nH]c2c(-c3c(F)cc4c(c3F)C(N(C(N)=O)c3ccccc3Cl)C(O)C(C)(C)N4)cccc12. The number of rotatable bonds is 3. The molecule has 1 aliphatic rings. The molecule has 2 heterocycles. The molecule has 6 nitrogen and oxygen atoms in total. The van der Waals surface area contributed by atoms with E-state index in [1.165, 1.54) is 6.07 Å². The molecule has 1 aromatic heterocycles. The number of fused-ring (bicyclic) bond motifs is 2.